The Bertz CT molecular complexity index is 875. The van der Waals surface area contributed by atoms with E-state index in [1.165, 1.54) is 0 Å². The Morgan fingerprint density at radius 3 is 2.56 bits per heavy atom. The van der Waals surface area contributed by atoms with E-state index in [1.54, 1.807) is 14.2 Å². The molecular weight excluding hydrogens is 448 g/mol. The van der Waals surface area contributed by atoms with Crippen molar-refractivity contribution in [2.75, 3.05) is 20.8 Å². The van der Waals surface area contributed by atoms with Crippen molar-refractivity contribution in [2.45, 2.75) is 95.5 Å². The molecule has 0 aromatic heterocycles. The van der Waals surface area contributed by atoms with E-state index in [-0.39, 0.29) is 34.9 Å². The molecule has 2 saturated heterocycles. The molecule has 3 aliphatic heterocycles. The fourth-order valence-electron chi connectivity index (χ4n) is 6.30. The second-order valence-corrected chi connectivity index (χ2v) is 16.5. The van der Waals surface area contributed by atoms with Crippen LogP contribution in [0.25, 0.3) is 0 Å². The maximum absolute atomic E-state index is 13.9. The Labute approximate surface area is 205 Å². The first-order chi connectivity index (χ1) is 16.0. The molecule has 5 atom stereocenters. The summed E-state index contributed by atoms with van der Waals surface area (Å²) in [5.41, 5.74) is 0.214. The monoisotopic (exact) mass is 490 g/mol. The highest BCUT2D eigenvalue weighted by molar-refractivity contribution is 6.74. The SMILES string of the molecule is COC(OC)C1=C[C@H](O[Si](C)(C)C(C)(C)C)[C@@H]2N3C(=O)CCC/C=C\[C@H]3C[C@@]23C(=O)NCC[C@H]13. The van der Waals surface area contributed by atoms with Gasteiger partial charge in [0.1, 0.15) is 0 Å². The van der Waals surface area contributed by atoms with E-state index in [4.69, 9.17) is 13.9 Å². The van der Waals surface area contributed by atoms with Crippen molar-refractivity contribution in [3.8, 4) is 0 Å². The predicted molar refractivity (Wildman–Crippen MR) is 134 cm³/mol. The Morgan fingerprint density at radius 2 is 1.91 bits per heavy atom. The van der Waals surface area contributed by atoms with Gasteiger partial charge < -0.3 is 24.1 Å². The van der Waals surface area contributed by atoms with Crippen LogP contribution in [0.2, 0.25) is 18.1 Å². The molecule has 7 nitrogen and oxygen atoms in total. The summed E-state index contributed by atoms with van der Waals surface area (Å²) in [5, 5.41) is 3.14. The van der Waals surface area contributed by atoms with Gasteiger partial charge in [-0.15, -0.1) is 0 Å². The van der Waals surface area contributed by atoms with Gasteiger partial charge in [-0.1, -0.05) is 39.0 Å². The number of nitrogens with zero attached hydrogens (tertiary/aromatic N) is 1. The highest BCUT2D eigenvalue weighted by atomic mass is 28.4. The third-order valence-corrected chi connectivity index (χ3v) is 13.4. The number of hydrogen-bond acceptors (Lipinski definition) is 5. The fourth-order valence-corrected chi connectivity index (χ4v) is 7.53. The van der Waals surface area contributed by atoms with E-state index >= 15 is 0 Å². The quantitative estimate of drug-likeness (QED) is 0.361. The number of ether oxygens (including phenoxy) is 2. The Hall–Kier alpha value is -1.48. The minimum Gasteiger partial charge on any atom is -0.408 e. The standard InChI is InChI=1S/C26H42N2O5Si/c1-25(2,3)34(6,7)33-20-15-18(23(31-4)32-5)19-13-14-27-24(30)26(19)16-17-11-9-8-10-12-21(29)28(17)22(20)26/h9,11,15,17,19-20,22-23H,8,10,12-14,16H2,1-7H3,(H,27,30)/b11-9-/t17-,19+,20-,22-,26-/m0/s1. The van der Waals surface area contributed by atoms with Gasteiger partial charge in [0.2, 0.25) is 11.8 Å². The molecule has 4 rings (SSSR count). The van der Waals surface area contributed by atoms with Crippen LogP contribution in [0.15, 0.2) is 23.8 Å². The van der Waals surface area contributed by atoms with Crippen LogP contribution in [0.5, 0.6) is 0 Å². The summed E-state index contributed by atoms with van der Waals surface area (Å²) in [6.07, 6.45) is 9.15. The van der Waals surface area contributed by atoms with Crippen LogP contribution in [-0.4, -0.2) is 70.3 Å². The number of allylic oxidation sites excluding steroid dienone is 1. The van der Waals surface area contributed by atoms with Gasteiger partial charge in [-0.2, -0.15) is 0 Å². The van der Waals surface area contributed by atoms with Gasteiger partial charge in [0.15, 0.2) is 14.6 Å². The molecular formula is C26H42N2O5Si. The molecule has 0 radical (unpaired) electrons. The van der Waals surface area contributed by atoms with E-state index in [0.717, 1.165) is 24.8 Å². The molecule has 1 spiro atoms. The molecule has 2 fully saturated rings. The lowest BCUT2D eigenvalue weighted by molar-refractivity contribution is -0.150. The number of methoxy groups -OCH3 is 2. The van der Waals surface area contributed by atoms with E-state index in [0.29, 0.717) is 19.4 Å². The number of amides is 2. The van der Waals surface area contributed by atoms with Crippen molar-refractivity contribution in [1.29, 1.82) is 0 Å². The van der Waals surface area contributed by atoms with Crippen molar-refractivity contribution in [3.63, 3.8) is 0 Å². The molecule has 1 aliphatic carbocycles. The molecule has 0 aromatic carbocycles. The second kappa shape index (κ2) is 9.19. The minimum absolute atomic E-state index is 0.0140. The molecule has 2 amide bonds. The van der Waals surface area contributed by atoms with Crippen LogP contribution in [0.1, 0.15) is 52.9 Å². The third kappa shape index (κ3) is 4.00. The predicted octanol–water partition coefficient (Wildman–Crippen LogP) is 3.77. The fraction of sp³-hybridized carbons (Fsp3) is 0.769. The maximum atomic E-state index is 13.9. The molecule has 4 aliphatic rings. The number of piperidine rings is 1. The van der Waals surface area contributed by atoms with Crippen molar-refractivity contribution in [2.24, 2.45) is 11.3 Å². The van der Waals surface area contributed by atoms with Crippen molar-refractivity contribution in [3.05, 3.63) is 23.8 Å². The van der Waals surface area contributed by atoms with Gasteiger partial charge in [0.25, 0.3) is 0 Å². The van der Waals surface area contributed by atoms with Gasteiger partial charge >= 0.3 is 0 Å². The average Bonchev–Trinajstić information content (AvgIpc) is 3.08. The highest BCUT2D eigenvalue weighted by Crippen LogP contribution is 2.58. The average molecular weight is 491 g/mol. The van der Waals surface area contributed by atoms with Crippen LogP contribution >= 0.6 is 0 Å². The van der Waals surface area contributed by atoms with Gasteiger partial charge in [-0.3, -0.25) is 9.59 Å². The normalized spacial score (nSPS) is 35.1. The molecule has 190 valence electrons. The minimum atomic E-state index is -2.23. The van der Waals surface area contributed by atoms with Crippen LogP contribution in [0, 0.1) is 11.3 Å². The van der Waals surface area contributed by atoms with E-state index < -0.39 is 26.1 Å². The number of carbonyl (C=O) groups is 2. The molecule has 1 N–H and O–H groups in total. The summed E-state index contributed by atoms with van der Waals surface area (Å²) in [6.45, 7) is 11.7. The lowest BCUT2D eigenvalue weighted by Gasteiger charge is -2.53. The Balaban J connectivity index is 1.91. The van der Waals surface area contributed by atoms with E-state index in [1.807, 2.05) is 4.90 Å². The van der Waals surface area contributed by atoms with Crippen LogP contribution in [0.3, 0.4) is 0 Å². The number of fused-ring (bicyclic) bond motifs is 2. The summed E-state index contributed by atoms with van der Waals surface area (Å²) < 4.78 is 18.5. The van der Waals surface area contributed by atoms with Gasteiger partial charge in [0.05, 0.1) is 23.6 Å². The number of carbonyl (C=O) groups excluding carboxylic acids is 2. The number of rotatable bonds is 5. The number of hydrogen-bond donors (Lipinski definition) is 1. The van der Waals surface area contributed by atoms with Crippen molar-refractivity contribution >= 4 is 20.1 Å². The molecule has 34 heavy (non-hydrogen) atoms. The smallest absolute Gasteiger partial charge is 0.229 e. The molecule has 0 aromatic rings. The Kier molecular flexibility index (Phi) is 6.92. The highest BCUT2D eigenvalue weighted by Gasteiger charge is 2.67. The Morgan fingerprint density at radius 1 is 1.21 bits per heavy atom. The van der Waals surface area contributed by atoms with Gasteiger partial charge in [-0.05, 0) is 49.4 Å². The van der Waals surface area contributed by atoms with E-state index in [9.17, 15) is 9.59 Å². The zero-order valence-corrected chi connectivity index (χ0v) is 22.8. The summed E-state index contributed by atoms with van der Waals surface area (Å²) >= 11 is 0. The topological polar surface area (TPSA) is 77.1 Å². The molecule has 0 bridgehead atoms. The lowest BCUT2D eigenvalue weighted by atomic mass is 9.58. The summed E-state index contributed by atoms with van der Waals surface area (Å²) in [7, 11) is 1.04. The molecule has 3 heterocycles. The first-order valence-electron chi connectivity index (χ1n) is 12.7. The zero-order valence-electron chi connectivity index (χ0n) is 21.8. The zero-order chi connectivity index (χ0) is 24.9. The number of nitrogens with one attached hydrogen (secondary N) is 1. The molecule has 0 unspecified atom stereocenters. The summed E-state index contributed by atoms with van der Waals surface area (Å²) in [5.74, 6) is 0.0935. The van der Waals surface area contributed by atoms with E-state index in [2.05, 4.69) is 57.4 Å². The van der Waals surface area contributed by atoms with Crippen LogP contribution in [-0.2, 0) is 23.5 Å². The van der Waals surface area contributed by atoms with Crippen molar-refractivity contribution in [1.82, 2.24) is 10.2 Å². The summed E-state index contributed by atoms with van der Waals surface area (Å²) in [4.78, 5) is 29.5. The van der Waals surface area contributed by atoms with Crippen LogP contribution in [0.4, 0.5) is 0 Å². The molecule has 8 heteroatoms. The lowest BCUT2D eigenvalue weighted by Crippen LogP contribution is -2.66. The van der Waals surface area contributed by atoms with Gasteiger partial charge in [-0.25, -0.2) is 0 Å². The van der Waals surface area contributed by atoms with Gasteiger partial charge in [0, 0.05) is 33.1 Å². The first-order valence-corrected chi connectivity index (χ1v) is 15.6. The maximum Gasteiger partial charge on any atom is 0.229 e. The first kappa shape index (κ1) is 25.6. The summed E-state index contributed by atoms with van der Waals surface area (Å²) in [6, 6.07) is -0.448. The second-order valence-electron chi connectivity index (χ2n) is 11.8. The van der Waals surface area contributed by atoms with Crippen LogP contribution < -0.4 is 5.32 Å². The third-order valence-electron chi connectivity index (χ3n) is 8.91. The molecule has 0 saturated carbocycles. The largest absolute Gasteiger partial charge is 0.408 e. The van der Waals surface area contributed by atoms with Crippen molar-refractivity contribution < 1.29 is 23.5 Å².